The van der Waals surface area contributed by atoms with E-state index in [2.05, 4.69) is 37.6 Å². The Kier molecular flexibility index (Phi) is 9.81. The zero-order valence-electron chi connectivity index (χ0n) is 27.1. The summed E-state index contributed by atoms with van der Waals surface area (Å²) in [5, 5.41) is 35.0. The average Bonchev–Trinajstić information content (AvgIpc) is 3.90. The summed E-state index contributed by atoms with van der Waals surface area (Å²) in [5.74, 6) is -0.0671. The molecule has 2 aliphatic carbocycles. The highest BCUT2D eigenvalue weighted by Gasteiger charge is 2.40. The molecule has 0 bridgehead atoms. The lowest BCUT2D eigenvalue weighted by Gasteiger charge is -2.33. The van der Waals surface area contributed by atoms with Crippen molar-refractivity contribution in [2.24, 2.45) is 11.8 Å². The number of pyridine rings is 2. The fraction of sp³-hybridized carbons (Fsp3) is 0.421. The molecule has 10 heteroatoms. The summed E-state index contributed by atoms with van der Waals surface area (Å²) >= 11 is 0. The van der Waals surface area contributed by atoms with Gasteiger partial charge in [-0.25, -0.2) is 4.98 Å². The third-order valence-electron chi connectivity index (χ3n) is 9.96. The lowest BCUT2D eigenvalue weighted by Crippen LogP contribution is -2.51. The van der Waals surface area contributed by atoms with Crippen molar-refractivity contribution in [1.29, 1.82) is 0 Å². The summed E-state index contributed by atoms with van der Waals surface area (Å²) < 4.78 is 1.89. The zero-order chi connectivity index (χ0) is 32.9. The molecule has 1 unspecified atom stereocenters. The van der Waals surface area contributed by atoms with E-state index in [4.69, 9.17) is 4.98 Å². The second kappa shape index (κ2) is 14.7. The number of amides is 1. The number of aromatic nitrogens is 6. The van der Waals surface area contributed by atoms with Gasteiger partial charge in [0.1, 0.15) is 17.8 Å². The second-order valence-corrected chi connectivity index (χ2v) is 13.5. The molecule has 0 spiro atoms. The number of aliphatic hydroxyl groups is 2. The van der Waals surface area contributed by atoms with Crippen molar-refractivity contribution >= 4 is 11.6 Å². The van der Waals surface area contributed by atoms with Crippen molar-refractivity contribution in [3.63, 3.8) is 0 Å². The van der Waals surface area contributed by atoms with E-state index < -0.39 is 24.2 Å². The maximum Gasteiger partial charge on any atom is 0.231 e. The van der Waals surface area contributed by atoms with Crippen molar-refractivity contribution in [3.05, 3.63) is 108 Å². The fourth-order valence-corrected chi connectivity index (χ4v) is 7.13. The van der Waals surface area contributed by atoms with E-state index in [9.17, 15) is 15.0 Å². The fourth-order valence-electron chi connectivity index (χ4n) is 7.13. The molecule has 48 heavy (non-hydrogen) atoms. The van der Waals surface area contributed by atoms with Crippen LogP contribution in [0.25, 0.3) is 16.9 Å². The molecule has 1 aromatic carbocycles. The number of carbonyl (C=O) groups excluding carboxylic acids is 1. The third-order valence-corrected chi connectivity index (χ3v) is 9.96. The Morgan fingerprint density at radius 3 is 2.33 bits per heavy atom. The normalized spacial score (nSPS) is 17.9. The highest BCUT2D eigenvalue weighted by molar-refractivity contribution is 5.84. The van der Waals surface area contributed by atoms with Crippen LogP contribution in [0, 0.1) is 11.8 Å². The van der Waals surface area contributed by atoms with Crippen LogP contribution in [0.4, 0.5) is 0 Å². The lowest BCUT2D eigenvalue weighted by molar-refractivity contribution is -0.125. The molecule has 2 fully saturated rings. The quantitative estimate of drug-likeness (QED) is 0.161. The van der Waals surface area contributed by atoms with Crippen LogP contribution in [0.5, 0.6) is 0 Å². The molecule has 2 aliphatic rings. The molecule has 0 radical (unpaired) electrons. The van der Waals surface area contributed by atoms with E-state index >= 15 is 0 Å². The van der Waals surface area contributed by atoms with Crippen LogP contribution in [-0.4, -0.2) is 63.9 Å². The van der Waals surface area contributed by atoms with Crippen LogP contribution in [0.2, 0.25) is 0 Å². The molecule has 0 aliphatic heterocycles. The zero-order valence-corrected chi connectivity index (χ0v) is 27.1. The topological polar surface area (TPSA) is 138 Å². The smallest absolute Gasteiger partial charge is 0.231 e. The van der Waals surface area contributed by atoms with Crippen molar-refractivity contribution in [2.45, 2.75) is 88.4 Å². The summed E-state index contributed by atoms with van der Waals surface area (Å²) in [6.45, 7) is 0. The molecular formula is C38H43N7O3. The molecule has 5 aromatic rings. The number of hydrogen-bond donors (Lipinski definition) is 3. The predicted molar refractivity (Wildman–Crippen MR) is 182 cm³/mol. The number of nitrogens with zero attached hydrogens (tertiary/aromatic N) is 6. The van der Waals surface area contributed by atoms with E-state index in [0.717, 1.165) is 60.9 Å². The van der Waals surface area contributed by atoms with Gasteiger partial charge in [-0.05, 0) is 66.8 Å². The van der Waals surface area contributed by atoms with Crippen LogP contribution in [0.3, 0.4) is 0 Å². The molecule has 2 saturated carbocycles. The summed E-state index contributed by atoms with van der Waals surface area (Å²) in [5.41, 5.74) is 4.81. The second-order valence-electron chi connectivity index (χ2n) is 13.5. The number of fused-ring (bicyclic) bond motifs is 1. The van der Waals surface area contributed by atoms with E-state index in [1.165, 1.54) is 6.42 Å². The Balaban J connectivity index is 1.28. The minimum atomic E-state index is -1.04. The van der Waals surface area contributed by atoms with Gasteiger partial charge in [0.25, 0.3) is 0 Å². The number of benzene rings is 1. The number of carbonyl (C=O) groups is 1. The SMILES string of the molecule is O=C(N[C@@H](CC1CCCCC1)[C@@H](O)[C@@H](O)C1CC1)C(Cc1cccnc1)c1nnc2c(Cc3ccccc3)nc(-c3cccnc3)cn12. The van der Waals surface area contributed by atoms with Gasteiger partial charge in [-0.1, -0.05) is 68.5 Å². The van der Waals surface area contributed by atoms with Crippen LogP contribution in [0.1, 0.15) is 79.9 Å². The largest absolute Gasteiger partial charge is 0.390 e. The summed E-state index contributed by atoms with van der Waals surface area (Å²) in [6, 6.07) is 17.2. The Bertz CT molecular complexity index is 1790. The first-order valence-corrected chi connectivity index (χ1v) is 17.3. The first kappa shape index (κ1) is 32.0. The van der Waals surface area contributed by atoms with Crippen LogP contribution in [0.15, 0.2) is 85.6 Å². The average molecular weight is 646 g/mol. The van der Waals surface area contributed by atoms with Gasteiger partial charge in [-0.15, -0.1) is 10.2 Å². The molecule has 4 heterocycles. The number of hydrogen-bond acceptors (Lipinski definition) is 8. The van der Waals surface area contributed by atoms with Gasteiger partial charge in [-0.2, -0.15) is 0 Å². The number of rotatable bonds is 13. The molecule has 4 atom stereocenters. The predicted octanol–water partition coefficient (Wildman–Crippen LogP) is 5.09. The molecule has 0 saturated heterocycles. The Morgan fingerprint density at radius 2 is 1.62 bits per heavy atom. The Morgan fingerprint density at radius 1 is 0.875 bits per heavy atom. The molecule has 248 valence electrons. The number of aliphatic hydroxyl groups excluding tert-OH is 2. The van der Waals surface area contributed by atoms with Crippen molar-refractivity contribution in [3.8, 4) is 11.3 Å². The van der Waals surface area contributed by atoms with Crippen molar-refractivity contribution < 1.29 is 15.0 Å². The summed E-state index contributed by atoms with van der Waals surface area (Å²) in [4.78, 5) is 28.2. The Hall–Kier alpha value is -4.54. The van der Waals surface area contributed by atoms with Gasteiger partial charge in [0, 0.05) is 43.0 Å². The minimum absolute atomic E-state index is 0.0822. The molecule has 3 N–H and O–H groups in total. The summed E-state index contributed by atoms with van der Waals surface area (Å²) in [6.07, 6.45) is 15.9. The van der Waals surface area contributed by atoms with Crippen molar-refractivity contribution in [1.82, 2.24) is 34.9 Å². The highest BCUT2D eigenvalue weighted by Crippen LogP contribution is 2.36. The van der Waals surface area contributed by atoms with Gasteiger partial charge in [0.05, 0.1) is 23.5 Å². The monoisotopic (exact) mass is 645 g/mol. The summed E-state index contributed by atoms with van der Waals surface area (Å²) in [7, 11) is 0. The van der Waals surface area contributed by atoms with Crippen molar-refractivity contribution in [2.75, 3.05) is 0 Å². The van der Waals surface area contributed by atoms with E-state index in [1.807, 2.05) is 53.1 Å². The molecule has 7 rings (SSSR count). The van der Waals surface area contributed by atoms with Crippen LogP contribution >= 0.6 is 0 Å². The maximum absolute atomic E-state index is 14.6. The molecule has 1 amide bonds. The van der Waals surface area contributed by atoms with E-state index in [0.29, 0.717) is 42.3 Å². The molecule has 4 aromatic heterocycles. The maximum atomic E-state index is 14.6. The van der Waals surface area contributed by atoms with Gasteiger partial charge in [-0.3, -0.25) is 19.2 Å². The lowest BCUT2D eigenvalue weighted by atomic mass is 9.82. The first-order valence-electron chi connectivity index (χ1n) is 17.3. The van der Waals surface area contributed by atoms with Gasteiger partial charge in [0.2, 0.25) is 5.91 Å². The van der Waals surface area contributed by atoms with E-state index in [-0.39, 0.29) is 11.8 Å². The number of nitrogens with one attached hydrogen (secondary N) is 1. The van der Waals surface area contributed by atoms with Gasteiger partial charge in [0.15, 0.2) is 5.65 Å². The van der Waals surface area contributed by atoms with Crippen LogP contribution < -0.4 is 5.32 Å². The molecular weight excluding hydrogens is 602 g/mol. The van der Waals surface area contributed by atoms with Gasteiger partial charge < -0.3 is 15.5 Å². The first-order chi connectivity index (χ1) is 23.5. The standard InChI is InChI=1S/C38H43N7O3/c46-34(28-15-16-28)35(47)31(20-25-9-3-1-4-10-25)42-38(48)30(19-27-13-7-17-39-22-27)36-43-44-37-32(21-26-11-5-2-6-12-26)41-33(24-45(36)37)29-14-8-18-40-23-29/h2,5-8,11-14,17-18,22-25,28,30-31,34-35,46-47H,1,3-4,9-10,15-16,19-21H2,(H,42,48)/t30?,31-,34-,35+/m0/s1. The Labute approximate surface area is 280 Å². The third kappa shape index (κ3) is 7.45. The van der Waals surface area contributed by atoms with Crippen LogP contribution in [-0.2, 0) is 17.6 Å². The minimum Gasteiger partial charge on any atom is -0.390 e. The van der Waals surface area contributed by atoms with Gasteiger partial charge >= 0.3 is 0 Å². The molecule has 10 nitrogen and oxygen atoms in total. The highest BCUT2D eigenvalue weighted by atomic mass is 16.3. The van der Waals surface area contributed by atoms with E-state index in [1.54, 1.807) is 24.8 Å².